The highest BCUT2D eigenvalue weighted by atomic mass is 79.9. The summed E-state index contributed by atoms with van der Waals surface area (Å²) in [4.78, 5) is 22.6. The van der Waals surface area contributed by atoms with Crippen LogP contribution < -0.4 is 5.32 Å². The third kappa shape index (κ3) is 3.17. The second-order valence-electron chi connectivity index (χ2n) is 4.27. The first-order valence-electron chi connectivity index (χ1n) is 5.81. The predicted molar refractivity (Wildman–Crippen MR) is 69.8 cm³/mol. The lowest BCUT2D eigenvalue weighted by Crippen LogP contribution is -2.45. The summed E-state index contributed by atoms with van der Waals surface area (Å²) in [6, 6.07) is 7.75. The third-order valence-electron chi connectivity index (χ3n) is 2.90. The highest BCUT2D eigenvalue weighted by Crippen LogP contribution is 2.23. The molecule has 2 atom stereocenters. The minimum absolute atomic E-state index is 0.179. The monoisotopic (exact) mass is 311 g/mol. The Balaban J connectivity index is 1.98. The predicted octanol–water partition coefficient (Wildman–Crippen LogP) is 2.33. The van der Waals surface area contributed by atoms with Crippen molar-refractivity contribution in [3.63, 3.8) is 0 Å². The maximum Gasteiger partial charge on any atom is 0.255 e. The van der Waals surface area contributed by atoms with E-state index in [4.69, 9.17) is 4.74 Å². The van der Waals surface area contributed by atoms with Gasteiger partial charge in [-0.3, -0.25) is 14.9 Å². The van der Waals surface area contributed by atoms with Crippen molar-refractivity contribution in [2.24, 2.45) is 0 Å². The topological polar surface area (TPSA) is 55.4 Å². The normalized spacial score (nSPS) is 21.6. The van der Waals surface area contributed by atoms with Crippen LogP contribution in [0.1, 0.15) is 31.4 Å². The largest absolute Gasteiger partial charge is 0.361 e. The van der Waals surface area contributed by atoms with Crippen LogP contribution in [0.3, 0.4) is 0 Å². The molecule has 5 heteroatoms. The van der Waals surface area contributed by atoms with Crippen molar-refractivity contribution in [2.45, 2.75) is 32.0 Å². The van der Waals surface area contributed by atoms with E-state index in [9.17, 15) is 9.59 Å². The molecule has 1 saturated heterocycles. The van der Waals surface area contributed by atoms with E-state index in [1.165, 1.54) is 0 Å². The summed E-state index contributed by atoms with van der Waals surface area (Å²) in [7, 11) is 0. The minimum atomic E-state index is -0.540. The smallest absolute Gasteiger partial charge is 0.255 e. The van der Waals surface area contributed by atoms with Crippen LogP contribution in [0.25, 0.3) is 0 Å². The Bertz CT molecular complexity index is 458. The number of imide groups is 1. The third-order valence-corrected chi connectivity index (χ3v) is 3.43. The Labute approximate surface area is 114 Å². The molecule has 1 aliphatic heterocycles. The maximum absolute atomic E-state index is 11.6. The van der Waals surface area contributed by atoms with Gasteiger partial charge in [0.15, 0.2) is 0 Å². The van der Waals surface area contributed by atoms with E-state index in [-0.39, 0.29) is 17.9 Å². The summed E-state index contributed by atoms with van der Waals surface area (Å²) in [6.45, 7) is 1.90. The van der Waals surface area contributed by atoms with Gasteiger partial charge in [0.25, 0.3) is 5.91 Å². The number of ether oxygens (including phenoxy) is 1. The summed E-state index contributed by atoms with van der Waals surface area (Å²) in [5.41, 5.74) is 1.00. The number of nitrogens with one attached hydrogen (secondary N) is 1. The van der Waals surface area contributed by atoms with E-state index < -0.39 is 6.10 Å². The fourth-order valence-electron chi connectivity index (χ4n) is 1.86. The Morgan fingerprint density at radius 1 is 1.33 bits per heavy atom. The molecule has 1 N–H and O–H groups in total. The number of rotatable bonds is 3. The van der Waals surface area contributed by atoms with E-state index in [1.807, 2.05) is 31.2 Å². The van der Waals surface area contributed by atoms with E-state index in [1.54, 1.807) is 0 Å². The van der Waals surface area contributed by atoms with Crippen LogP contribution in [0.4, 0.5) is 0 Å². The first kappa shape index (κ1) is 13.2. The molecule has 2 rings (SSSR count). The van der Waals surface area contributed by atoms with E-state index in [0.717, 1.165) is 10.0 Å². The molecule has 0 aliphatic carbocycles. The molecule has 4 nitrogen and oxygen atoms in total. The molecular weight excluding hydrogens is 298 g/mol. The number of halogens is 1. The lowest BCUT2D eigenvalue weighted by atomic mass is 10.1. The summed E-state index contributed by atoms with van der Waals surface area (Å²) < 4.78 is 6.70. The van der Waals surface area contributed by atoms with Crippen molar-refractivity contribution in [2.75, 3.05) is 0 Å². The van der Waals surface area contributed by atoms with Crippen LogP contribution in [-0.2, 0) is 14.3 Å². The lowest BCUT2D eigenvalue weighted by Gasteiger charge is -2.24. The summed E-state index contributed by atoms with van der Waals surface area (Å²) in [5.74, 6) is -0.564. The van der Waals surface area contributed by atoms with Gasteiger partial charge in [0.05, 0.1) is 6.10 Å². The molecule has 1 heterocycles. The second-order valence-corrected chi connectivity index (χ2v) is 5.19. The molecule has 1 aromatic carbocycles. The molecule has 1 aromatic rings. The zero-order valence-corrected chi connectivity index (χ0v) is 11.6. The van der Waals surface area contributed by atoms with Gasteiger partial charge < -0.3 is 4.74 Å². The van der Waals surface area contributed by atoms with Crippen LogP contribution in [0.15, 0.2) is 28.7 Å². The van der Waals surface area contributed by atoms with Crippen LogP contribution in [0.2, 0.25) is 0 Å². The molecule has 2 amide bonds. The highest BCUT2D eigenvalue weighted by molar-refractivity contribution is 9.10. The Kier molecular flexibility index (Phi) is 4.14. The van der Waals surface area contributed by atoms with Gasteiger partial charge in [-0.05, 0) is 31.0 Å². The molecule has 0 spiro atoms. The van der Waals surface area contributed by atoms with Crippen molar-refractivity contribution in [3.8, 4) is 0 Å². The SMILES string of the molecule is CC(OC1CCC(=O)NC1=O)c1ccc(Br)cc1. The Hall–Kier alpha value is -1.20. The molecule has 0 aromatic heterocycles. The van der Waals surface area contributed by atoms with Crippen molar-refractivity contribution in [1.82, 2.24) is 5.32 Å². The van der Waals surface area contributed by atoms with Crippen LogP contribution in [-0.4, -0.2) is 17.9 Å². The van der Waals surface area contributed by atoms with Crippen LogP contribution in [0, 0.1) is 0 Å². The lowest BCUT2D eigenvalue weighted by molar-refractivity contribution is -0.146. The molecule has 0 bridgehead atoms. The molecule has 96 valence electrons. The maximum atomic E-state index is 11.6. The fraction of sp³-hybridized carbons (Fsp3) is 0.385. The highest BCUT2D eigenvalue weighted by Gasteiger charge is 2.28. The number of hydrogen-bond acceptors (Lipinski definition) is 3. The molecular formula is C13H14BrNO3. The molecule has 1 fully saturated rings. The Morgan fingerprint density at radius 2 is 2.00 bits per heavy atom. The number of hydrogen-bond donors (Lipinski definition) is 1. The van der Waals surface area contributed by atoms with Crippen LogP contribution in [0.5, 0.6) is 0 Å². The van der Waals surface area contributed by atoms with Gasteiger partial charge in [0.1, 0.15) is 6.10 Å². The molecule has 0 saturated carbocycles. The van der Waals surface area contributed by atoms with Crippen molar-refractivity contribution >= 4 is 27.7 Å². The number of carbonyl (C=O) groups is 2. The van der Waals surface area contributed by atoms with Gasteiger partial charge >= 0.3 is 0 Å². The molecule has 0 radical (unpaired) electrons. The number of amides is 2. The summed E-state index contributed by atoms with van der Waals surface area (Å²) >= 11 is 3.37. The number of benzene rings is 1. The quantitative estimate of drug-likeness (QED) is 0.872. The van der Waals surface area contributed by atoms with Gasteiger partial charge in [-0.15, -0.1) is 0 Å². The van der Waals surface area contributed by atoms with E-state index in [0.29, 0.717) is 12.8 Å². The number of piperidine rings is 1. The van der Waals surface area contributed by atoms with Crippen molar-refractivity contribution < 1.29 is 14.3 Å². The first-order valence-corrected chi connectivity index (χ1v) is 6.60. The van der Waals surface area contributed by atoms with E-state index in [2.05, 4.69) is 21.2 Å². The zero-order chi connectivity index (χ0) is 13.1. The standard InChI is InChI=1S/C13H14BrNO3/c1-8(9-2-4-10(14)5-3-9)18-11-6-7-12(16)15-13(11)17/h2-5,8,11H,6-7H2,1H3,(H,15,16,17). The Morgan fingerprint density at radius 3 is 2.61 bits per heavy atom. The van der Waals surface area contributed by atoms with E-state index >= 15 is 0 Å². The van der Waals surface area contributed by atoms with Crippen LogP contribution >= 0.6 is 15.9 Å². The summed E-state index contributed by atoms with van der Waals surface area (Å²) in [6.07, 6.45) is 0.0676. The van der Waals surface area contributed by atoms with Gasteiger partial charge in [-0.1, -0.05) is 28.1 Å². The summed E-state index contributed by atoms with van der Waals surface area (Å²) in [5, 5.41) is 2.28. The van der Waals surface area contributed by atoms with Gasteiger partial charge in [-0.25, -0.2) is 0 Å². The molecule has 18 heavy (non-hydrogen) atoms. The average Bonchev–Trinajstić information content (AvgIpc) is 2.33. The van der Waals surface area contributed by atoms with Crippen molar-refractivity contribution in [3.05, 3.63) is 34.3 Å². The number of carbonyl (C=O) groups excluding carboxylic acids is 2. The van der Waals surface area contributed by atoms with Gasteiger partial charge in [0, 0.05) is 10.9 Å². The average molecular weight is 312 g/mol. The molecule has 1 aliphatic rings. The van der Waals surface area contributed by atoms with Gasteiger partial charge in [-0.2, -0.15) is 0 Å². The van der Waals surface area contributed by atoms with Gasteiger partial charge in [0.2, 0.25) is 5.91 Å². The fourth-order valence-corrected chi connectivity index (χ4v) is 2.13. The zero-order valence-electron chi connectivity index (χ0n) is 9.98. The first-order chi connectivity index (χ1) is 8.56. The van der Waals surface area contributed by atoms with Crippen molar-refractivity contribution in [1.29, 1.82) is 0 Å². The minimum Gasteiger partial charge on any atom is -0.361 e. The molecule has 2 unspecified atom stereocenters. The second kappa shape index (κ2) is 5.63.